The molecule has 0 radical (unpaired) electrons. The van der Waals surface area contributed by atoms with E-state index in [1.54, 1.807) is 0 Å². The number of halogens is 2. The molecule has 5 heteroatoms. The molecule has 20 heavy (non-hydrogen) atoms. The zero-order valence-corrected chi connectivity index (χ0v) is 16.1. The van der Waals surface area contributed by atoms with Crippen molar-refractivity contribution in [2.45, 2.75) is 26.3 Å². The largest absolute Gasteiger partial charge is 0.507 e. The molecule has 3 nitrogen and oxygen atoms in total. The summed E-state index contributed by atoms with van der Waals surface area (Å²) in [5, 5.41) is 13.6. The van der Waals surface area contributed by atoms with Gasteiger partial charge in [0.1, 0.15) is 5.75 Å². The monoisotopic (exact) mass is 500 g/mol. The highest BCUT2D eigenvalue weighted by molar-refractivity contribution is 14.1. The highest BCUT2D eigenvalue weighted by Crippen LogP contribution is 2.27. The Morgan fingerprint density at radius 1 is 1.40 bits per heavy atom. The molecule has 2 N–H and O–H groups in total. The van der Waals surface area contributed by atoms with Crippen LogP contribution >= 0.6 is 45.2 Å². The third-order valence-corrected chi connectivity index (χ3v) is 5.21. The smallest absolute Gasteiger partial charge is 0.133 e. The van der Waals surface area contributed by atoms with Crippen LogP contribution in [0.4, 0.5) is 0 Å². The number of nitrogens with one attached hydrogen (secondary N) is 1. The fourth-order valence-corrected chi connectivity index (χ4v) is 4.73. The summed E-state index contributed by atoms with van der Waals surface area (Å²) in [6.45, 7) is 7.73. The average molecular weight is 500 g/mol. The maximum absolute atomic E-state index is 10.1. The Bertz CT molecular complexity index is 454. The van der Waals surface area contributed by atoms with Crippen LogP contribution in [-0.2, 0) is 6.54 Å². The first-order chi connectivity index (χ1) is 9.60. The van der Waals surface area contributed by atoms with Gasteiger partial charge in [0, 0.05) is 22.2 Å². The molecule has 1 saturated heterocycles. The van der Waals surface area contributed by atoms with Crippen molar-refractivity contribution in [3.8, 4) is 5.75 Å². The molecule has 0 unspecified atom stereocenters. The number of likely N-dealkylation sites (tertiary alicyclic amines) is 1. The van der Waals surface area contributed by atoms with Crippen molar-refractivity contribution < 1.29 is 5.11 Å². The first-order valence-corrected chi connectivity index (χ1v) is 9.35. The third kappa shape index (κ3) is 4.71. The summed E-state index contributed by atoms with van der Waals surface area (Å²) >= 11 is 4.49. The minimum Gasteiger partial charge on any atom is -0.507 e. The van der Waals surface area contributed by atoms with Crippen LogP contribution in [0.15, 0.2) is 12.1 Å². The topological polar surface area (TPSA) is 35.5 Å². The van der Waals surface area contributed by atoms with Gasteiger partial charge in [-0.1, -0.05) is 6.92 Å². The second-order valence-electron chi connectivity index (χ2n) is 5.48. The Morgan fingerprint density at radius 3 is 2.95 bits per heavy atom. The lowest BCUT2D eigenvalue weighted by atomic mass is 10.1. The molecule has 1 aromatic carbocycles. The molecule has 1 atom stereocenters. The van der Waals surface area contributed by atoms with E-state index in [-0.39, 0.29) is 0 Å². The van der Waals surface area contributed by atoms with Crippen molar-refractivity contribution in [3.05, 3.63) is 24.8 Å². The minimum atomic E-state index is 0.428. The Hall–Kier alpha value is 0.400. The number of nitrogens with zero attached hydrogens (tertiary/aromatic N) is 1. The first-order valence-electron chi connectivity index (χ1n) is 7.20. The molecule has 0 aliphatic carbocycles. The molecule has 0 saturated carbocycles. The molecule has 1 aromatic rings. The zero-order valence-electron chi connectivity index (χ0n) is 11.8. The number of aromatic hydroxyl groups is 1. The van der Waals surface area contributed by atoms with Crippen LogP contribution in [0.3, 0.4) is 0 Å². The lowest BCUT2D eigenvalue weighted by Crippen LogP contribution is -2.26. The summed E-state index contributed by atoms with van der Waals surface area (Å²) in [7, 11) is 0. The lowest BCUT2D eigenvalue weighted by molar-refractivity contribution is 0.322. The van der Waals surface area contributed by atoms with Crippen LogP contribution < -0.4 is 5.32 Å². The number of rotatable bonds is 6. The summed E-state index contributed by atoms with van der Waals surface area (Å²) < 4.78 is 2.11. The van der Waals surface area contributed by atoms with Crippen molar-refractivity contribution in [2.24, 2.45) is 5.92 Å². The Labute approximate surface area is 148 Å². The van der Waals surface area contributed by atoms with E-state index >= 15 is 0 Å². The van der Waals surface area contributed by atoms with E-state index in [9.17, 15) is 5.11 Å². The maximum atomic E-state index is 10.1. The minimum absolute atomic E-state index is 0.428. The second kappa shape index (κ2) is 8.14. The predicted octanol–water partition coefficient (Wildman–Crippen LogP) is 3.42. The zero-order chi connectivity index (χ0) is 14.5. The summed E-state index contributed by atoms with van der Waals surface area (Å²) in [5.74, 6) is 1.18. The van der Waals surface area contributed by atoms with Gasteiger partial charge in [-0.3, -0.25) is 0 Å². The van der Waals surface area contributed by atoms with E-state index in [1.807, 2.05) is 6.07 Å². The van der Waals surface area contributed by atoms with Crippen molar-refractivity contribution in [3.63, 3.8) is 0 Å². The van der Waals surface area contributed by atoms with Gasteiger partial charge in [0.25, 0.3) is 0 Å². The Kier molecular flexibility index (Phi) is 6.83. The van der Waals surface area contributed by atoms with Gasteiger partial charge in [0.15, 0.2) is 0 Å². The summed E-state index contributed by atoms with van der Waals surface area (Å²) in [5.41, 5.74) is 1.00. The van der Waals surface area contributed by atoms with E-state index < -0.39 is 0 Å². The van der Waals surface area contributed by atoms with Gasteiger partial charge >= 0.3 is 0 Å². The number of hydrogen-bond acceptors (Lipinski definition) is 3. The third-order valence-electron chi connectivity index (χ3n) is 3.77. The molecule has 1 aliphatic rings. The van der Waals surface area contributed by atoms with Crippen molar-refractivity contribution >= 4 is 45.2 Å². The normalized spacial score (nSPS) is 19.6. The fraction of sp³-hybridized carbons (Fsp3) is 0.600. The summed E-state index contributed by atoms with van der Waals surface area (Å²) in [6, 6.07) is 4.06. The predicted molar refractivity (Wildman–Crippen MR) is 100 cm³/mol. The van der Waals surface area contributed by atoms with Crippen molar-refractivity contribution in [2.75, 3.05) is 26.2 Å². The van der Waals surface area contributed by atoms with E-state index in [2.05, 4.69) is 68.4 Å². The van der Waals surface area contributed by atoms with E-state index in [0.717, 1.165) is 28.1 Å². The van der Waals surface area contributed by atoms with Crippen LogP contribution in [0.25, 0.3) is 0 Å². The molecule has 0 bridgehead atoms. The lowest BCUT2D eigenvalue weighted by Gasteiger charge is -2.15. The van der Waals surface area contributed by atoms with Gasteiger partial charge in [0.05, 0.1) is 3.57 Å². The van der Waals surface area contributed by atoms with Crippen molar-refractivity contribution in [1.82, 2.24) is 10.2 Å². The van der Waals surface area contributed by atoms with Gasteiger partial charge in [-0.2, -0.15) is 0 Å². The highest BCUT2D eigenvalue weighted by atomic mass is 127. The van der Waals surface area contributed by atoms with Crippen LogP contribution in [0.2, 0.25) is 0 Å². The van der Waals surface area contributed by atoms with Crippen molar-refractivity contribution in [1.29, 1.82) is 0 Å². The van der Waals surface area contributed by atoms with Gasteiger partial charge in [-0.15, -0.1) is 0 Å². The molecule has 0 amide bonds. The second-order valence-corrected chi connectivity index (χ2v) is 7.89. The van der Waals surface area contributed by atoms with E-state index in [0.29, 0.717) is 5.75 Å². The summed E-state index contributed by atoms with van der Waals surface area (Å²) in [6.07, 6.45) is 2.54. The van der Waals surface area contributed by atoms with Gasteiger partial charge in [0.2, 0.25) is 0 Å². The molecule has 1 fully saturated rings. The molecular weight excluding hydrogens is 478 g/mol. The van der Waals surface area contributed by atoms with E-state index in [4.69, 9.17) is 0 Å². The number of phenols is 1. The molecule has 0 spiro atoms. The molecule has 1 aliphatic heterocycles. The SMILES string of the molecule is CCCN1CC[C@H](CNCc2cc(I)cc(I)c2O)C1. The molecular formula is C15H22I2N2O. The molecule has 1 heterocycles. The van der Waals surface area contributed by atoms with Gasteiger partial charge < -0.3 is 15.3 Å². The Balaban J connectivity index is 1.79. The van der Waals surface area contributed by atoms with Crippen LogP contribution in [0.5, 0.6) is 5.75 Å². The first kappa shape index (κ1) is 16.8. The van der Waals surface area contributed by atoms with Gasteiger partial charge in [-0.05, 0) is 95.7 Å². The average Bonchev–Trinajstić information content (AvgIpc) is 2.83. The fourth-order valence-electron chi connectivity index (χ4n) is 2.76. The van der Waals surface area contributed by atoms with E-state index in [1.165, 1.54) is 36.0 Å². The van der Waals surface area contributed by atoms with Crippen LogP contribution in [0, 0.1) is 13.1 Å². The quantitative estimate of drug-likeness (QED) is 0.589. The summed E-state index contributed by atoms with van der Waals surface area (Å²) in [4.78, 5) is 2.55. The Morgan fingerprint density at radius 2 is 2.20 bits per heavy atom. The van der Waals surface area contributed by atoms with Crippen LogP contribution in [0.1, 0.15) is 25.3 Å². The highest BCUT2D eigenvalue weighted by Gasteiger charge is 2.21. The molecule has 112 valence electrons. The standard InChI is InChI=1S/C15H22I2N2O/c1-2-4-19-5-3-11(10-19)8-18-9-12-6-13(16)7-14(17)15(12)20/h6-7,11,18,20H,2-5,8-10H2,1H3/t11-/m1/s1. The number of benzene rings is 1. The maximum Gasteiger partial charge on any atom is 0.133 e. The van der Waals surface area contributed by atoms with Gasteiger partial charge in [-0.25, -0.2) is 0 Å². The van der Waals surface area contributed by atoms with Crippen LogP contribution in [-0.4, -0.2) is 36.2 Å². The molecule has 2 rings (SSSR count). The number of phenolic OH excluding ortho intramolecular Hbond substituents is 1. The number of hydrogen-bond donors (Lipinski definition) is 2. The molecule has 0 aromatic heterocycles.